The zero-order chi connectivity index (χ0) is 22.4. The average molecular weight is 455 g/mol. The highest BCUT2D eigenvalue weighted by Gasteiger charge is 2.15. The third-order valence-electron chi connectivity index (χ3n) is 4.64. The van der Waals surface area contributed by atoms with E-state index >= 15 is 0 Å². The van der Waals surface area contributed by atoms with E-state index < -0.39 is 10.0 Å². The molecule has 166 valence electrons. The summed E-state index contributed by atoms with van der Waals surface area (Å²) in [5.74, 6) is 1.23. The van der Waals surface area contributed by atoms with Gasteiger partial charge in [0.15, 0.2) is 18.1 Å². The number of hydrogen-bond acceptors (Lipinski definition) is 6. The minimum absolute atomic E-state index is 0.113. The number of fused-ring (bicyclic) bond motifs is 1. The maximum atomic E-state index is 12.5. The molecule has 9 heteroatoms. The van der Waals surface area contributed by atoms with E-state index in [1.165, 1.54) is 24.3 Å². The fourth-order valence-corrected chi connectivity index (χ4v) is 4.06. The van der Waals surface area contributed by atoms with Crippen LogP contribution in [0.3, 0.4) is 0 Å². The average Bonchev–Trinajstić information content (AvgIpc) is 2.82. The number of benzene rings is 3. The summed E-state index contributed by atoms with van der Waals surface area (Å²) < 4.78 is 43.9. The molecule has 2 N–H and O–H groups in total. The first-order valence-corrected chi connectivity index (χ1v) is 11.4. The van der Waals surface area contributed by atoms with Gasteiger partial charge in [-0.15, -0.1) is 0 Å². The van der Waals surface area contributed by atoms with Crippen LogP contribution in [0.1, 0.15) is 5.56 Å². The SMILES string of the molecule is O=C(COc1ccc(S(=O)(=O)NCc2ccccc2)cc1)Nc1ccc2c(c1)OCCO2. The number of amides is 1. The Labute approximate surface area is 186 Å². The van der Waals surface area contributed by atoms with Crippen LogP contribution in [-0.2, 0) is 21.4 Å². The number of hydrogen-bond donors (Lipinski definition) is 2. The highest BCUT2D eigenvalue weighted by Crippen LogP contribution is 2.32. The molecule has 0 fully saturated rings. The van der Waals surface area contributed by atoms with Gasteiger partial charge in [-0.3, -0.25) is 4.79 Å². The highest BCUT2D eigenvalue weighted by atomic mass is 32.2. The van der Waals surface area contributed by atoms with E-state index in [4.69, 9.17) is 14.2 Å². The lowest BCUT2D eigenvalue weighted by Gasteiger charge is -2.19. The van der Waals surface area contributed by atoms with Crippen molar-refractivity contribution in [1.29, 1.82) is 0 Å². The van der Waals surface area contributed by atoms with Crippen molar-refractivity contribution in [1.82, 2.24) is 4.72 Å². The number of anilines is 1. The third kappa shape index (κ3) is 5.57. The maximum Gasteiger partial charge on any atom is 0.262 e. The molecular weight excluding hydrogens is 432 g/mol. The second kappa shape index (κ2) is 9.71. The van der Waals surface area contributed by atoms with Gasteiger partial charge in [0.2, 0.25) is 10.0 Å². The summed E-state index contributed by atoms with van der Waals surface area (Å²) in [5.41, 5.74) is 1.42. The molecule has 0 radical (unpaired) electrons. The molecule has 1 aliphatic rings. The maximum absolute atomic E-state index is 12.5. The van der Waals surface area contributed by atoms with Crippen LogP contribution in [0.4, 0.5) is 5.69 Å². The van der Waals surface area contributed by atoms with Gasteiger partial charge in [0, 0.05) is 18.3 Å². The van der Waals surface area contributed by atoms with Gasteiger partial charge in [-0.2, -0.15) is 0 Å². The van der Waals surface area contributed by atoms with Gasteiger partial charge in [0.25, 0.3) is 5.91 Å². The molecular formula is C23H22N2O6S. The summed E-state index contributed by atoms with van der Waals surface area (Å²) in [7, 11) is -3.66. The van der Waals surface area contributed by atoms with Crippen LogP contribution < -0.4 is 24.2 Å². The Balaban J connectivity index is 1.29. The van der Waals surface area contributed by atoms with Crippen molar-refractivity contribution in [3.8, 4) is 17.2 Å². The lowest BCUT2D eigenvalue weighted by atomic mass is 10.2. The van der Waals surface area contributed by atoms with Gasteiger partial charge in [-0.25, -0.2) is 13.1 Å². The van der Waals surface area contributed by atoms with Crippen molar-refractivity contribution >= 4 is 21.6 Å². The topological polar surface area (TPSA) is 103 Å². The van der Waals surface area contributed by atoms with Gasteiger partial charge >= 0.3 is 0 Å². The Morgan fingerprint density at radius 2 is 1.62 bits per heavy atom. The van der Waals surface area contributed by atoms with E-state index in [-0.39, 0.29) is 24.0 Å². The monoisotopic (exact) mass is 454 g/mol. The molecule has 0 bridgehead atoms. The van der Waals surface area contributed by atoms with Crippen LogP contribution >= 0.6 is 0 Å². The van der Waals surface area contributed by atoms with Crippen molar-refractivity contribution < 1.29 is 27.4 Å². The molecule has 0 aromatic heterocycles. The van der Waals surface area contributed by atoms with Crippen LogP contribution in [-0.4, -0.2) is 34.1 Å². The number of carbonyl (C=O) groups excluding carboxylic acids is 1. The van der Waals surface area contributed by atoms with Crippen LogP contribution in [0.2, 0.25) is 0 Å². The molecule has 32 heavy (non-hydrogen) atoms. The molecule has 0 atom stereocenters. The largest absolute Gasteiger partial charge is 0.486 e. The molecule has 0 spiro atoms. The second-order valence-corrected chi connectivity index (χ2v) is 8.74. The Kier molecular flexibility index (Phi) is 6.58. The summed E-state index contributed by atoms with van der Waals surface area (Å²) in [6.45, 7) is 0.922. The minimum atomic E-state index is -3.66. The van der Waals surface area contributed by atoms with Gasteiger partial charge < -0.3 is 19.5 Å². The molecule has 8 nitrogen and oxygen atoms in total. The van der Waals surface area contributed by atoms with Crippen LogP contribution in [0, 0.1) is 0 Å². The molecule has 1 aliphatic heterocycles. The lowest BCUT2D eigenvalue weighted by Crippen LogP contribution is -2.23. The fourth-order valence-electron chi connectivity index (χ4n) is 3.04. The summed E-state index contributed by atoms with van der Waals surface area (Å²) in [6, 6.07) is 20.3. The number of ether oxygens (including phenoxy) is 3. The van der Waals surface area contributed by atoms with Crippen LogP contribution in [0.25, 0.3) is 0 Å². The summed E-state index contributed by atoms with van der Waals surface area (Å²) in [6.07, 6.45) is 0. The van der Waals surface area contributed by atoms with Crippen molar-refractivity contribution in [2.45, 2.75) is 11.4 Å². The zero-order valence-electron chi connectivity index (χ0n) is 17.1. The lowest BCUT2D eigenvalue weighted by molar-refractivity contribution is -0.118. The van der Waals surface area contributed by atoms with Gasteiger partial charge in [0.1, 0.15) is 19.0 Å². The standard InChI is InChI=1S/C23H22N2O6S/c26-23(25-18-6-11-21-22(14-18)30-13-12-29-21)16-31-19-7-9-20(10-8-19)32(27,28)24-15-17-4-2-1-3-5-17/h1-11,14,24H,12-13,15-16H2,(H,25,26). The Morgan fingerprint density at radius 3 is 2.38 bits per heavy atom. The smallest absolute Gasteiger partial charge is 0.262 e. The molecule has 3 aromatic rings. The van der Waals surface area contributed by atoms with E-state index in [1.54, 1.807) is 18.2 Å². The normalized spacial score (nSPS) is 12.8. The Bertz CT molecular complexity index is 1180. The molecule has 0 unspecified atom stereocenters. The third-order valence-corrected chi connectivity index (χ3v) is 6.06. The summed E-state index contributed by atoms with van der Waals surface area (Å²) in [4.78, 5) is 12.3. The fraction of sp³-hybridized carbons (Fsp3) is 0.174. The Morgan fingerprint density at radius 1 is 0.906 bits per heavy atom. The van der Waals surface area contributed by atoms with Gasteiger partial charge in [-0.1, -0.05) is 30.3 Å². The van der Waals surface area contributed by atoms with E-state index in [0.29, 0.717) is 36.1 Å². The quantitative estimate of drug-likeness (QED) is 0.543. The van der Waals surface area contributed by atoms with Crippen molar-refractivity contribution in [3.63, 3.8) is 0 Å². The molecule has 1 heterocycles. The highest BCUT2D eigenvalue weighted by molar-refractivity contribution is 7.89. The second-order valence-electron chi connectivity index (χ2n) is 6.98. The number of rotatable bonds is 8. The van der Waals surface area contributed by atoms with Gasteiger partial charge in [0.05, 0.1) is 4.90 Å². The first-order chi connectivity index (χ1) is 15.5. The van der Waals surface area contributed by atoms with Crippen molar-refractivity contribution in [2.24, 2.45) is 0 Å². The van der Waals surface area contributed by atoms with E-state index in [0.717, 1.165) is 5.56 Å². The molecule has 4 rings (SSSR count). The van der Waals surface area contributed by atoms with Crippen LogP contribution in [0.5, 0.6) is 17.2 Å². The molecule has 0 saturated carbocycles. The van der Waals surface area contributed by atoms with Gasteiger partial charge in [-0.05, 0) is 42.0 Å². The van der Waals surface area contributed by atoms with Crippen molar-refractivity contribution in [3.05, 3.63) is 78.4 Å². The molecule has 0 aliphatic carbocycles. The molecule has 0 saturated heterocycles. The van der Waals surface area contributed by atoms with E-state index in [1.807, 2.05) is 30.3 Å². The van der Waals surface area contributed by atoms with Crippen molar-refractivity contribution in [2.75, 3.05) is 25.1 Å². The zero-order valence-corrected chi connectivity index (χ0v) is 17.9. The first kappa shape index (κ1) is 21.7. The molecule has 3 aromatic carbocycles. The minimum Gasteiger partial charge on any atom is -0.486 e. The number of nitrogens with one attached hydrogen (secondary N) is 2. The Hall–Kier alpha value is -3.56. The van der Waals surface area contributed by atoms with E-state index in [2.05, 4.69) is 10.0 Å². The van der Waals surface area contributed by atoms with Crippen LogP contribution in [0.15, 0.2) is 77.7 Å². The number of sulfonamides is 1. The number of carbonyl (C=O) groups is 1. The molecule has 1 amide bonds. The summed E-state index contributed by atoms with van der Waals surface area (Å²) in [5, 5.41) is 2.72. The predicted molar refractivity (Wildman–Crippen MR) is 118 cm³/mol. The van der Waals surface area contributed by atoms with E-state index in [9.17, 15) is 13.2 Å². The summed E-state index contributed by atoms with van der Waals surface area (Å²) >= 11 is 0. The predicted octanol–water partition coefficient (Wildman–Crippen LogP) is 2.95. The first-order valence-electron chi connectivity index (χ1n) is 9.95.